The van der Waals surface area contributed by atoms with Gasteiger partial charge in [-0.25, -0.2) is 0 Å². The van der Waals surface area contributed by atoms with Crippen molar-refractivity contribution in [2.75, 3.05) is 19.8 Å². The fourth-order valence-corrected chi connectivity index (χ4v) is 3.53. The van der Waals surface area contributed by atoms with E-state index in [1.807, 2.05) is 19.1 Å². The lowest BCUT2D eigenvalue weighted by atomic mass is 9.82. The summed E-state index contributed by atoms with van der Waals surface area (Å²) in [6, 6.07) is 7.11. The Hall–Kier alpha value is -1.68. The molecule has 1 heterocycles. The molecule has 4 nitrogen and oxygen atoms in total. The van der Waals surface area contributed by atoms with Crippen LogP contribution in [-0.4, -0.2) is 36.5 Å². The molecular weight excluding hydrogens is 278 g/mol. The van der Waals surface area contributed by atoms with Gasteiger partial charge in [-0.2, -0.15) is 0 Å². The van der Waals surface area contributed by atoms with Gasteiger partial charge in [-0.15, -0.1) is 0 Å². The summed E-state index contributed by atoms with van der Waals surface area (Å²) in [5, 5.41) is 0. The first-order valence-corrected chi connectivity index (χ1v) is 8.23. The molecule has 0 atom stereocenters. The lowest BCUT2D eigenvalue weighted by Crippen LogP contribution is -2.36. The van der Waals surface area contributed by atoms with Crippen molar-refractivity contribution < 1.29 is 14.3 Å². The van der Waals surface area contributed by atoms with Crippen molar-refractivity contribution in [3.63, 3.8) is 0 Å². The standard InChI is InChI=1S/C18H23NO3/c1-2-22-12-14-9-7-13(8-10-14)11-19-17(20)15-5-3-4-6-16(15)18(19)21/h3-6,13-14H,2,7-12H2,1H3. The second kappa shape index (κ2) is 6.61. The SMILES string of the molecule is CCOCC1CCC(CN2C(=O)c3ccccc3C2=O)CC1. The predicted octanol–water partition coefficient (Wildman–Crippen LogP) is 3.13. The van der Waals surface area contributed by atoms with Crippen LogP contribution in [0.15, 0.2) is 24.3 Å². The molecule has 0 saturated heterocycles. The van der Waals surface area contributed by atoms with Gasteiger partial charge in [-0.3, -0.25) is 14.5 Å². The van der Waals surface area contributed by atoms with Crippen LogP contribution in [0.25, 0.3) is 0 Å². The minimum atomic E-state index is -0.128. The molecular formula is C18H23NO3. The largest absolute Gasteiger partial charge is 0.381 e. The Bertz CT molecular complexity index is 526. The number of carbonyl (C=O) groups is 2. The van der Waals surface area contributed by atoms with Crippen molar-refractivity contribution in [1.29, 1.82) is 0 Å². The second-order valence-corrected chi connectivity index (χ2v) is 6.31. The highest BCUT2D eigenvalue weighted by molar-refractivity contribution is 6.21. The molecule has 1 aliphatic carbocycles. The van der Waals surface area contributed by atoms with Gasteiger partial charge in [0, 0.05) is 19.8 Å². The number of imide groups is 1. The lowest BCUT2D eigenvalue weighted by Gasteiger charge is -2.30. The molecule has 4 heteroatoms. The van der Waals surface area contributed by atoms with Gasteiger partial charge in [-0.1, -0.05) is 12.1 Å². The molecule has 22 heavy (non-hydrogen) atoms. The summed E-state index contributed by atoms with van der Waals surface area (Å²) in [4.78, 5) is 26.2. The minimum Gasteiger partial charge on any atom is -0.381 e. The summed E-state index contributed by atoms with van der Waals surface area (Å²) >= 11 is 0. The number of carbonyl (C=O) groups excluding carboxylic acids is 2. The predicted molar refractivity (Wildman–Crippen MR) is 83.8 cm³/mol. The lowest BCUT2D eigenvalue weighted by molar-refractivity contribution is 0.0572. The zero-order chi connectivity index (χ0) is 15.5. The number of nitrogens with zero attached hydrogens (tertiary/aromatic N) is 1. The Morgan fingerprint density at radius 3 is 2.09 bits per heavy atom. The molecule has 0 aromatic heterocycles. The van der Waals surface area contributed by atoms with Gasteiger partial charge in [-0.05, 0) is 56.6 Å². The van der Waals surface area contributed by atoms with E-state index >= 15 is 0 Å². The van der Waals surface area contributed by atoms with Gasteiger partial charge in [0.25, 0.3) is 11.8 Å². The van der Waals surface area contributed by atoms with Gasteiger partial charge in [0.1, 0.15) is 0 Å². The minimum absolute atomic E-state index is 0.128. The van der Waals surface area contributed by atoms with E-state index in [0.717, 1.165) is 38.9 Å². The number of ether oxygens (including phenoxy) is 1. The summed E-state index contributed by atoms with van der Waals surface area (Å²) in [7, 11) is 0. The van der Waals surface area contributed by atoms with E-state index < -0.39 is 0 Å². The van der Waals surface area contributed by atoms with Crippen LogP contribution in [0.1, 0.15) is 53.3 Å². The summed E-state index contributed by atoms with van der Waals surface area (Å²) in [6.45, 7) is 4.20. The van der Waals surface area contributed by atoms with Crippen LogP contribution in [0, 0.1) is 11.8 Å². The Morgan fingerprint density at radius 2 is 1.55 bits per heavy atom. The molecule has 1 saturated carbocycles. The molecule has 0 unspecified atom stereocenters. The van der Waals surface area contributed by atoms with Crippen LogP contribution in [-0.2, 0) is 4.74 Å². The molecule has 0 radical (unpaired) electrons. The Morgan fingerprint density at radius 1 is 1.00 bits per heavy atom. The fourth-order valence-electron chi connectivity index (χ4n) is 3.53. The first-order valence-electron chi connectivity index (χ1n) is 8.23. The number of amides is 2. The van der Waals surface area contributed by atoms with Crippen molar-refractivity contribution in [1.82, 2.24) is 4.90 Å². The van der Waals surface area contributed by atoms with Crippen LogP contribution in [0.4, 0.5) is 0 Å². The molecule has 1 aromatic carbocycles. The number of hydrogen-bond acceptors (Lipinski definition) is 3. The monoisotopic (exact) mass is 301 g/mol. The van der Waals surface area contributed by atoms with Crippen LogP contribution in [0.2, 0.25) is 0 Å². The van der Waals surface area contributed by atoms with Crippen LogP contribution in [0.5, 0.6) is 0 Å². The van der Waals surface area contributed by atoms with Crippen LogP contribution < -0.4 is 0 Å². The van der Waals surface area contributed by atoms with Gasteiger partial charge in [0.05, 0.1) is 11.1 Å². The van der Waals surface area contributed by atoms with E-state index in [0.29, 0.717) is 29.5 Å². The Labute approximate surface area is 131 Å². The molecule has 3 rings (SSSR count). The smallest absolute Gasteiger partial charge is 0.261 e. The third kappa shape index (κ3) is 2.93. The molecule has 1 aromatic rings. The Kier molecular flexibility index (Phi) is 4.57. The third-order valence-electron chi connectivity index (χ3n) is 4.84. The highest BCUT2D eigenvalue weighted by atomic mass is 16.5. The van der Waals surface area contributed by atoms with E-state index in [4.69, 9.17) is 4.74 Å². The van der Waals surface area contributed by atoms with Crippen molar-refractivity contribution in [3.05, 3.63) is 35.4 Å². The summed E-state index contributed by atoms with van der Waals surface area (Å²) in [6.07, 6.45) is 4.41. The van der Waals surface area contributed by atoms with E-state index in [1.165, 1.54) is 4.90 Å². The van der Waals surface area contributed by atoms with Crippen LogP contribution in [0.3, 0.4) is 0 Å². The maximum atomic E-state index is 12.4. The van der Waals surface area contributed by atoms with E-state index in [9.17, 15) is 9.59 Å². The summed E-state index contributed by atoms with van der Waals surface area (Å²) < 4.78 is 5.50. The molecule has 2 amide bonds. The molecule has 0 N–H and O–H groups in total. The highest BCUT2D eigenvalue weighted by Crippen LogP contribution is 2.31. The third-order valence-corrected chi connectivity index (χ3v) is 4.84. The zero-order valence-electron chi connectivity index (χ0n) is 13.1. The van der Waals surface area contributed by atoms with Crippen molar-refractivity contribution in [2.24, 2.45) is 11.8 Å². The van der Waals surface area contributed by atoms with E-state index in [2.05, 4.69) is 0 Å². The molecule has 0 bridgehead atoms. The summed E-state index contributed by atoms with van der Waals surface area (Å²) in [5.74, 6) is 0.813. The quantitative estimate of drug-likeness (QED) is 0.785. The number of hydrogen-bond donors (Lipinski definition) is 0. The van der Waals surface area contributed by atoms with Gasteiger partial charge in [0.2, 0.25) is 0 Å². The van der Waals surface area contributed by atoms with Crippen molar-refractivity contribution in [2.45, 2.75) is 32.6 Å². The number of fused-ring (bicyclic) bond motifs is 1. The number of benzene rings is 1. The van der Waals surface area contributed by atoms with Crippen molar-refractivity contribution >= 4 is 11.8 Å². The van der Waals surface area contributed by atoms with E-state index in [1.54, 1.807) is 12.1 Å². The normalized spacial score (nSPS) is 24.7. The fraction of sp³-hybridized carbons (Fsp3) is 0.556. The Balaban J connectivity index is 1.57. The molecule has 0 spiro atoms. The molecule has 1 aliphatic heterocycles. The van der Waals surface area contributed by atoms with Gasteiger partial charge < -0.3 is 4.74 Å². The zero-order valence-corrected chi connectivity index (χ0v) is 13.1. The maximum Gasteiger partial charge on any atom is 0.261 e. The summed E-state index contributed by atoms with van der Waals surface area (Å²) in [5.41, 5.74) is 1.11. The first-order chi connectivity index (χ1) is 10.7. The van der Waals surface area contributed by atoms with Gasteiger partial charge >= 0.3 is 0 Å². The maximum absolute atomic E-state index is 12.4. The average Bonchev–Trinajstić information content (AvgIpc) is 2.80. The topological polar surface area (TPSA) is 46.6 Å². The van der Waals surface area contributed by atoms with Crippen molar-refractivity contribution in [3.8, 4) is 0 Å². The molecule has 118 valence electrons. The molecule has 2 aliphatic rings. The van der Waals surface area contributed by atoms with E-state index in [-0.39, 0.29) is 11.8 Å². The van der Waals surface area contributed by atoms with Crippen LogP contribution >= 0.6 is 0 Å². The van der Waals surface area contributed by atoms with Gasteiger partial charge in [0.15, 0.2) is 0 Å². The number of rotatable bonds is 5. The molecule has 1 fully saturated rings. The average molecular weight is 301 g/mol. The second-order valence-electron chi connectivity index (χ2n) is 6.31. The highest BCUT2D eigenvalue weighted by Gasteiger charge is 2.36. The first kappa shape index (κ1) is 15.2.